The van der Waals surface area contributed by atoms with Gasteiger partial charge in [0.05, 0.1) is 11.9 Å². The molecular weight excluding hydrogens is 438 g/mol. The lowest BCUT2D eigenvalue weighted by atomic mass is 10.1. The third-order valence-corrected chi connectivity index (χ3v) is 6.29. The molecule has 0 bridgehead atoms. The lowest BCUT2D eigenvalue weighted by molar-refractivity contribution is -0.139. The van der Waals surface area contributed by atoms with Crippen molar-refractivity contribution in [2.45, 2.75) is 52.6 Å². The summed E-state index contributed by atoms with van der Waals surface area (Å²) < 4.78 is 26.1. The fourth-order valence-corrected chi connectivity index (χ4v) is 4.22. The van der Waals surface area contributed by atoms with Gasteiger partial charge >= 0.3 is 0 Å². The molecule has 0 spiro atoms. The van der Waals surface area contributed by atoms with E-state index in [-0.39, 0.29) is 19.0 Å². The molecule has 2 aromatic carbocycles. The highest BCUT2D eigenvalue weighted by molar-refractivity contribution is 7.92. The van der Waals surface area contributed by atoms with Crippen molar-refractivity contribution in [1.29, 1.82) is 0 Å². The van der Waals surface area contributed by atoms with Crippen LogP contribution in [0.15, 0.2) is 54.6 Å². The van der Waals surface area contributed by atoms with Crippen molar-refractivity contribution >= 4 is 27.5 Å². The number of carbonyl (C=O) groups is 2. The first-order valence-corrected chi connectivity index (χ1v) is 12.8. The second-order valence-electron chi connectivity index (χ2n) is 9.34. The predicted octanol–water partition coefficient (Wildman–Crippen LogP) is 3.14. The first-order chi connectivity index (χ1) is 15.3. The fraction of sp³-hybridized carbons (Fsp3) is 0.440. The second kappa shape index (κ2) is 10.8. The Morgan fingerprint density at radius 3 is 2.09 bits per heavy atom. The molecule has 33 heavy (non-hydrogen) atoms. The molecule has 2 amide bonds. The van der Waals surface area contributed by atoms with Gasteiger partial charge in [-0.25, -0.2) is 8.42 Å². The Morgan fingerprint density at radius 2 is 1.58 bits per heavy atom. The Labute approximate surface area is 197 Å². The molecule has 0 radical (unpaired) electrons. The molecule has 0 aliphatic carbocycles. The molecule has 2 rings (SSSR count). The van der Waals surface area contributed by atoms with E-state index in [1.165, 1.54) is 4.90 Å². The average molecular weight is 474 g/mol. The quantitative estimate of drug-likeness (QED) is 0.606. The Kier molecular flexibility index (Phi) is 8.66. The average Bonchev–Trinajstić information content (AvgIpc) is 2.71. The van der Waals surface area contributed by atoms with Crippen LogP contribution in [-0.2, 0) is 26.0 Å². The van der Waals surface area contributed by atoms with Gasteiger partial charge in [-0.3, -0.25) is 13.9 Å². The number of hydrogen-bond donors (Lipinski definition) is 1. The van der Waals surface area contributed by atoms with E-state index in [2.05, 4.69) is 5.32 Å². The third kappa shape index (κ3) is 8.20. The van der Waals surface area contributed by atoms with E-state index in [9.17, 15) is 18.0 Å². The van der Waals surface area contributed by atoms with Gasteiger partial charge in [-0.2, -0.15) is 0 Å². The van der Waals surface area contributed by atoms with Crippen LogP contribution < -0.4 is 9.62 Å². The topological polar surface area (TPSA) is 86.8 Å². The molecule has 2 aromatic rings. The number of rotatable bonds is 9. The molecule has 0 unspecified atom stereocenters. The minimum Gasteiger partial charge on any atom is -0.350 e. The summed E-state index contributed by atoms with van der Waals surface area (Å²) in [7, 11) is -3.72. The van der Waals surface area contributed by atoms with E-state index in [0.717, 1.165) is 21.7 Å². The van der Waals surface area contributed by atoms with Crippen LogP contribution in [0.4, 0.5) is 5.69 Å². The molecule has 0 aliphatic heterocycles. The Balaban J connectivity index is 2.31. The third-order valence-electron chi connectivity index (χ3n) is 5.15. The number of carbonyl (C=O) groups excluding carboxylic acids is 2. The monoisotopic (exact) mass is 473 g/mol. The summed E-state index contributed by atoms with van der Waals surface area (Å²) >= 11 is 0. The number of nitrogens with zero attached hydrogens (tertiary/aromatic N) is 2. The van der Waals surface area contributed by atoms with Gasteiger partial charge in [0.15, 0.2) is 0 Å². The van der Waals surface area contributed by atoms with Gasteiger partial charge in [0.1, 0.15) is 12.6 Å². The molecule has 7 nitrogen and oxygen atoms in total. The van der Waals surface area contributed by atoms with E-state index < -0.39 is 27.5 Å². The van der Waals surface area contributed by atoms with Crippen molar-refractivity contribution in [3.8, 4) is 0 Å². The van der Waals surface area contributed by atoms with Crippen LogP contribution in [0, 0.1) is 6.92 Å². The predicted molar refractivity (Wildman–Crippen MR) is 133 cm³/mol. The molecule has 0 heterocycles. The zero-order valence-corrected chi connectivity index (χ0v) is 21.1. The minimum absolute atomic E-state index is 0.285. The summed E-state index contributed by atoms with van der Waals surface area (Å²) in [5.74, 6) is -0.723. The lowest BCUT2D eigenvalue weighted by Crippen LogP contribution is -2.55. The van der Waals surface area contributed by atoms with Gasteiger partial charge in [0, 0.05) is 12.1 Å². The number of amides is 2. The first-order valence-electron chi connectivity index (χ1n) is 11.0. The zero-order valence-electron chi connectivity index (χ0n) is 20.3. The van der Waals surface area contributed by atoms with E-state index >= 15 is 0 Å². The van der Waals surface area contributed by atoms with Gasteiger partial charge in [-0.1, -0.05) is 48.0 Å². The molecule has 0 saturated heterocycles. The summed E-state index contributed by atoms with van der Waals surface area (Å²) in [6.45, 7) is 9.08. The lowest BCUT2D eigenvalue weighted by Gasteiger charge is -2.33. The standard InChI is InChI=1S/C25H35N3O4S/c1-19-12-14-22(15-13-19)28(33(6,31)32)18-23(29)27(17-16-21-10-8-7-9-11-21)20(2)24(30)26-25(3,4)5/h7-15,20H,16-18H2,1-6H3,(H,26,30)/t20-/m0/s1. The molecule has 0 aliphatic rings. The summed E-state index contributed by atoms with van der Waals surface area (Å²) in [6, 6.07) is 15.8. The van der Waals surface area contributed by atoms with Crippen molar-refractivity contribution in [2.24, 2.45) is 0 Å². The van der Waals surface area contributed by atoms with Crippen molar-refractivity contribution in [2.75, 3.05) is 23.7 Å². The number of aryl methyl sites for hydroxylation is 1. The van der Waals surface area contributed by atoms with Crippen LogP contribution in [0.25, 0.3) is 0 Å². The molecular formula is C25H35N3O4S. The first kappa shape index (κ1) is 26.4. The molecule has 0 aromatic heterocycles. The highest BCUT2D eigenvalue weighted by Crippen LogP contribution is 2.19. The molecule has 8 heteroatoms. The van der Waals surface area contributed by atoms with Crippen molar-refractivity contribution in [3.05, 3.63) is 65.7 Å². The van der Waals surface area contributed by atoms with Crippen LogP contribution >= 0.6 is 0 Å². The Hall–Kier alpha value is -2.87. The van der Waals surface area contributed by atoms with Crippen molar-refractivity contribution in [3.63, 3.8) is 0 Å². The van der Waals surface area contributed by atoms with Gasteiger partial charge < -0.3 is 10.2 Å². The molecule has 0 fully saturated rings. The summed E-state index contributed by atoms with van der Waals surface area (Å²) in [5, 5.41) is 2.91. The van der Waals surface area contributed by atoms with Crippen LogP contribution in [0.3, 0.4) is 0 Å². The maximum atomic E-state index is 13.4. The Bertz CT molecular complexity index is 1050. The van der Waals surface area contributed by atoms with Crippen LogP contribution in [0.1, 0.15) is 38.8 Å². The number of hydrogen-bond acceptors (Lipinski definition) is 4. The summed E-state index contributed by atoms with van der Waals surface area (Å²) in [5.41, 5.74) is 1.96. The fourth-order valence-electron chi connectivity index (χ4n) is 3.37. The highest BCUT2D eigenvalue weighted by Gasteiger charge is 2.31. The maximum Gasteiger partial charge on any atom is 0.244 e. The van der Waals surface area contributed by atoms with Gasteiger partial charge in [-0.15, -0.1) is 0 Å². The second-order valence-corrected chi connectivity index (χ2v) is 11.2. The van der Waals surface area contributed by atoms with Gasteiger partial charge in [0.2, 0.25) is 21.8 Å². The van der Waals surface area contributed by atoms with Crippen LogP contribution in [0.2, 0.25) is 0 Å². The summed E-state index contributed by atoms with van der Waals surface area (Å²) in [6.07, 6.45) is 1.62. The van der Waals surface area contributed by atoms with Crippen LogP contribution in [-0.4, -0.2) is 56.1 Å². The number of benzene rings is 2. The van der Waals surface area contributed by atoms with Crippen LogP contribution in [0.5, 0.6) is 0 Å². The SMILES string of the molecule is Cc1ccc(N(CC(=O)N(CCc2ccccc2)[C@@H](C)C(=O)NC(C)(C)C)S(C)(=O)=O)cc1. The number of anilines is 1. The molecule has 1 atom stereocenters. The van der Waals surface area contributed by atoms with E-state index in [0.29, 0.717) is 12.1 Å². The largest absolute Gasteiger partial charge is 0.350 e. The van der Waals surface area contributed by atoms with E-state index in [1.54, 1.807) is 31.2 Å². The Morgan fingerprint density at radius 1 is 1.00 bits per heavy atom. The highest BCUT2D eigenvalue weighted by atomic mass is 32.2. The molecule has 1 N–H and O–H groups in total. The van der Waals surface area contributed by atoms with E-state index in [4.69, 9.17) is 0 Å². The molecule has 0 saturated carbocycles. The van der Waals surface area contributed by atoms with Gasteiger partial charge in [0.25, 0.3) is 0 Å². The number of sulfonamides is 1. The minimum atomic E-state index is -3.72. The smallest absolute Gasteiger partial charge is 0.244 e. The van der Waals surface area contributed by atoms with Gasteiger partial charge in [-0.05, 0) is 58.7 Å². The number of nitrogens with one attached hydrogen (secondary N) is 1. The summed E-state index contributed by atoms with van der Waals surface area (Å²) in [4.78, 5) is 27.7. The normalized spacial score (nSPS) is 12.7. The zero-order chi connectivity index (χ0) is 24.8. The van der Waals surface area contributed by atoms with Crippen molar-refractivity contribution in [1.82, 2.24) is 10.2 Å². The maximum absolute atomic E-state index is 13.4. The molecule has 180 valence electrons. The van der Waals surface area contributed by atoms with Crippen molar-refractivity contribution < 1.29 is 18.0 Å². The van der Waals surface area contributed by atoms with E-state index in [1.807, 2.05) is 58.0 Å².